The number of carbonyl (C=O) groups excluding carboxylic acids is 1. The Balaban J connectivity index is 2.42. The molecule has 0 bridgehead atoms. The van der Waals surface area contributed by atoms with Crippen LogP contribution in [0, 0.1) is 0 Å². The van der Waals surface area contributed by atoms with E-state index in [1.54, 1.807) is 0 Å². The van der Waals surface area contributed by atoms with Gasteiger partial charge >= 0.3 is 6.03 Å². The molecule has 0 aliphatic carbocycles. The fourth-order valence-electron chi connectivity index (χ4n) is 1.27. The number of amides is 2. The second kappa shape index (κ2) is 4.91. The number of nitrogens with zero attached hydrogens (tertiary/aromatic N) is 1. The zero-order valence-corrected chi connectivity index (χ0v) is 7.96. The van der Waals surface area contributed by atoms with Crippen LogP contribution in [-0.2, 0) is 4.74 Å². The fraction of sp³-hybridized carbons (Fsp3) is 0.714. The highest BCUT2D eigenvalue weighted by atomic mass is 16.5. The highest BCUT2D eigenvalue weighted by Crippen LogP contribution is 2.18. The number of nitrogens with one attached hydrogen (secondary N) is 1. The number of hydrogen-bond acceptors (Lipinski definition) is 4. The average Bonchev–Trinajstić information content (AvgIpc) is 2.44. The SMILES string of the molecule is NC(N)=NC(=O)NC1C[C@@H](O)[C@@H](CO)O1. The number of urea groups is 1. The molecule has 86 valence electrons. The lowest BCUT2D eigenvalue weighted by molar-refractivity contribution is -0.0270. The van der Waals surface area contributed by atoms with Crippen LogP contribution in [0.15, 0.2) is 4.99 Å². The first-order chi connectivity index (χ1) is 7.02. The van der Waals surface area contributed by atoms with Crippen LogP contribution in [0.4, 0.5) is 4.79 Å². The van der Waals surface area contributed by atoms with Gasteiger partial charge in [-0.2, -0.15) is 4.99 Å². The third-order valence-corrected chi connectivity index (χ3v) is 1.92. The lowest BCUT2D eigenvalue weighted by Crippen LogP contribution is -2.35. The number of ether oxygens (including phenoxy) is 1. The van der Waals surface area contributed by atoms with Gasteiger partial charge in [0.2, 0.25) is 0 Å². The second-order valence-corrected chi connectivity index (χ2v) is 3.13. The van der Waals surface area contributed by atoms with Crippen molar-refractivity contribution in [2.24, 2.45) is 16.5 Å². The minimum absolute atomic E-state index is 0.191. The van der Waals surface area contributed by atoms with Gasteiger partial charge in [0.15, 0.2) is 5.96 Å². The van der Waals surface area contributed by atoms with Gasteiger partial charge in [-0.1, -0.05) is 0 Å². The van der Waals surface area contributed by atoms with E-state index in [2.05, 4.69) is 10.3 Å². The molecule has 1 unspecified atom stereocenters. The molecule has 7 N–H and O–H groups in total. The Kier molecular flexibility index (Phi) is 3.83. The Morgan fingerprint density at radius 2 is 2.27 bits per heavy atom. The lowest BCUT2D eigenvalue weighted by atomic mass is 10.2. The number of carbonyl (C=O) groups is 1. The third kappa shape index (κ3) is 3.35. The molecule has 1 aliphatic rings. The van der Waals surface area contributed by atoms with Crippen LogP contribution in [0.5, 0.6) is 0 Å². The first kappa shape index (κ1) is 11.7. The normalized spacial score (nSPS) is 29.9. The molecule has 3 atom stereocenters. The van der Waals surface area contributed by atoms with E-state index in [1.165, 1.54) is 0 Å². The van der Waals surface area contributed by atoms with Crippen molar-refractivity contribution >= 4 is 12.0 Å². The van der Waals surface area contributed by atoms with Gasteiger partial charge in [0, 0.05) is 6.42 Å². The van der Waals surface area contributed by atoms with E-state index in [9.17, 15) is 9.90 Å². The van der Waals surface area contributed by atoms with Gasteiger partial charge in [0.05, 0.1) is 12.7 Å². The maximum Gasteiger partial charge on any atom is 0.346 e. The largest absolute Gasteiger partial charge is 0.394 e. The van der Waals surface area contributed by atoms with Gasteiger partial charge < -0.3 is 31.7 Å². The molecular weight excluding hydrogens is 204 g/mol. The maximum atomic E-state index is 11.0. The number of nitrogens with two attached hydrogens (primary N) is 2. The number of aliphatic imine (C=N–C) groups is 1. The molecule has 2 amide bonds. The molecule has 15 heavy (non-hydrogen) atoms. The molecule has 1 saturated heterocycles. The van der Waals surface area contributed by atoms with Crippen molar-refractivity contribution in [2.45, 2.75) is 24.9 Å². The van der Waals surface area contributed by atoms with Crippen molar-refractivity contribution in [3.63, 3.8) is 0 Å². The summed E-state index contributed by atoms with van der Waals surface area (Å²) in [6.45, 7) is -0.310. The summed E-state index contributed by atoms with van der Waals surface area (Å²) in [7, 11) is 0. The highest BCUT2D eigenvalue weighted by molar-refractivity contribution is 5.90. The van der Waals surface area contributed by atoms with Crippen molar-refractivity contribution in [2.75, 3.05) is 6.61 Å². The third-order valence-electron chi connectivity index (χ3n) is 1.92. The Labute approximate surface area is 85.9 Å². The minimum Gasteiger partial charge on any atom is -0.394 e. The molecular formula is C7H14N4O4. The van der Waals surface area contributed by atoms with Gasteiger partial charge in [-0.3, -0.25) is 0 Å². The standard InChI is InChI=1S/C7H14N4O4/c8-6(9)11-7(14)10-5-1-3(13)4(2-12)15-5/h3-5,12-13H,1-2H2,(H5,8,9,10,11,14)/t3-,4-,5?/m1/s1. The predicted octanol–water partition coefficient (Wildman–Crippen LogP) is -2.56. The van der Waals surface area contributed by atoms with Crippen LogP contribution in [0.1, 0.15) is 6.42 Å². The van der Waals surface area contributed by atoms with E-state index in [0.717, 1.165) is 0 Å². The molecule has 0 spiro atoms. The second-order valence-electron chi connectivity index (χ2n) is 3.13. The van der Waals surface area contributed by atoms with Gasteiger partial charge in [-0.05, 0) is 0 Å². The summed E-state index contributed by atoms with van der Waals surface area (Å²) in [6, 6.07) is -0.745. The summed E-state index contributed by atoms with van der Waals surface area (Å²) >= 11 is 0. The van der Waals surface area contributed by atoms with Crippen LogP contribution < -0.4 is 16.8 Å². The molecule has 1 aliphatic heterocycles. The van der Waals surface area contributed by atoms with Crippen LogP contribution in [0.3, 0.4) is 0 Å². The van der Waals surface area contributed by atoms with Gasteiger partial charge in [-0.15, -0.1) is 0 Å². The maximum absolute atomic E-state index is 11.0. The van der Waals surface area contributed by atoms with Crippen LogP contribution in [-0.4, -0.2) is 47.2 Å². The van der Waals surface area contributed by atoms with E-state index in [-0.39, 0.29) is 19.0 Å². The summed E-state index contributed by atoms with van der Waals surface area (Å²) in [5.41, 5.74) is 9.97. The Hall–Kier alpha value is -1.38. The molecule has 1 fully saturated rings. The zero-order valence-electron chi connectivity index (χ0n) is 7.96. The Morgan fingerprint density at radius 1 is 1.60 bits per heavy atom. The van der Waals surface area contributed by atoms with E-state index >= 15 is 0 Å². The van der Waals surface area contributed by atoms with E-state index in [4.69, 9.17) is 21.3 Å². The monoisotopic (exact) mass is 218 g/mol. The fourth-order valence-corrected chi connectivity index (χ4v) is 1.27. The number of hydrogen-bond donors (Lipinski definition) is 5. The smallest absolute Gasteiger partial charge is 0.346 e. The first-order valence-corrected chi connectivity index (χ1v) is 4.37. The van der Waals surface area contributed by atoms with Crippen molar-refractivity contribution in [3.05, 3.63) is 0 Å². The molecule has 0 radical (unpaired) electrons. The molecule has 8 heteroatoms. The van der Waals surface area contributed by atoms with E-state index in [1.807, 2.05) is 0 Å². The predicted molar refractivity (Wildman–Crippen MR) is 50.7 cm³/mol. The molecule has 0 aromatic rings. The molecule has 0 aromatic heterocycles. The summed E-state index contributed by atoms with van der Waals surface area (Å²) in [5.74, 6) is -0.357. The summed E-state index contributed by atoms with van der Waals surface area (Å²) in [5, 5.41) is 20.4. The van der Waals surface area contributed by atoms with Crippen LogP contribution in [0.2, 0.25) is 0 Å². The van der Waals surface area contributed by atoms with Crippen molar-refractivity contribution in [3.8, 4) is 0 Å². The van der Waals surface area contributed by atoms with Crippen LogP contribution >= 0.6 is 0 Å². The molecule has 0 saturated carbocycles. The minimum atomic E-state index is -0.806. The van der Waals surface area contributed by atoms with Crippen LogP contribution in [0.25, 0.3) is 0 Å². The molecule has 1 rings (SSSR count). The Morgan fingerprint density at radius 3 is 2.73 bits per heavy atom. The van der Waals surface area contributed by atoms with Gasteiger partial charge in [0.1, 0.15) is 12.3 Å². The van der Waals surface area contributed by atoms with Gasteiger partial charge in [0.25, 0.3) is 0 Å². The van der Waals surface area contributed by atoms with E-state index in [0.29, 0.717) is 0 Å². The van der Waals surface area contributed by atoms with Crippen molar-refractivity contribution < 1.29 is 19.7 Å². The lowest BCUT2D eigenvalue weighted by Gasteiger charge is -2.11. The summed E-state index contributed by atoms with van der Waals surface area (Å²) in [6.07, 6.45) is -1.99. The topological polar surface area (TPSA) is 143 Å². The number of guanidine groups is 1. The average molecular weight is 218 g/mol. The Bertz CT molecular complexity index is 266. The van der Waals surface area contributed by atoms with Crippen molar-refractivity contribution in [1.29, 1.82) is 0 Å². The highest BCUT2D eigenvalue weighted by Gasteiger charge is 2.34. The first-order valence-electron chi connectivity index (χ1n) is 4.37. The zero-order chi connectivity index (χ0) is 11.4. The summed E-state index contributed by atoms with van der Waals surface area (Å²) in [4.78, 5) is 14.2. The quantitative estimate of drug-likeness (QED) is 0.255. The van der Waals surface area contributed by atoms with E-state index < -0.39 is 24.5 Å². The van der Waals surface area contributed by atoms with Crippen molar-refractivity contribution in [1.82, 2.24) is 5.32 Å². The summed E-state index contributed by atoms with van der Waals surface area (Å²) < 4.78 is 5.09. The molecule has 1 heterocycles. The van der Waals surface area contributed by atoms with Gasteiger partial charge in [-0.25, -0.2) is 4.79 Å². The number of aliphatic hydroxyl groups excluding tert-OH is 2. The number of aliphatic hydroxyl groups is 2. The molecule has 8 nitrogen and oxygen atoms in total. The number of rotatable bonds is 2. The molecule has 0 aromatic carbocycles.